The second kappa shape index (κ2) is 8.39. The number of benzene rings is 2. The van der Waals surface area contributed by atoms with Crippen LogP contribution in [0.15, 0.2) is 58.4 Å². The minimum Gasteiger partial charge on any atom is -0.295 e. The van der Waals surface area contributed by atoms with Gasteiger partial charge in [-0.15, -0.1) is 0 Å². The number of hydrazone groups is 1. The highest BCUT2D eigenvalue weighted by atomic mass is 127. The van der Waals surface area contributed by atoms with Gasteiger partial charge in [-0.2, -0.15) is 5.10 Å². The van der Waals surface area contributed by atoms with Gasteiger partial charge >= 0.3 is 0 Å². The zero-order chi connectivity index (χ0) is 21.1. The van der Waals surface area contributed by atoms with Crippen LogP contribution in [0.3, 0.4) is 0 Å². The maximum atomic E-state index is 12.8. The molecule has 1 amide bonds. The van der Waals surface area contributed by atoms with E-state index in [0.29, 0.717) is 22.7 Å². The number of nitro groups is 1. The summed E-state index contributed by atoms with van der Waals surface area (Å²) in [5, 5.41) is 17.8. The molecule has 0 aliphatic rings. The van der Waals surface area contributed by atoms with E-state index in [1.54, 1.807) is 13.8 Å². The molecule has 0 fully saturated rings. The third-order valence-corrected chi connectivity index (χ3v) is 4.88. The van der Waals surface area contributed by atoms with Crippen LogP contribution in [0.1, 0.15) is 28.5 Å². The first kappa shape index (κ1) is 20.5. The number of hydrogen-bond donors (Lipinski definition) is 2. The van der Waals surface area contributed by atoms with Gasteiger partial charge < -0.3 is 0 Å². The Morgan fingerprint density at radius 1 is 1.24 bits per heavy atom. The summed E-state index contributed by atoms with van der Waals surface area (Å²) < 4.78 is 2.45. The number of halogens is 1. The quantitative estimate of drug-likeness (QED) is 0.240. The number of nitro benzene ring substituents is 1. The zero-order valence-electron chi connectivity index (χ0n) is 15.5. The number of carbonyl (C=O) groups is 1. The zero-order valence-corrected chi connectivity index (χ0v) is 17.6. The van der Waals surface area contributed by atoms with E-state index in [-0.39, 0.29) is 16.8 Å². The molecular formula is C19H16IN5O4. The lowest BCUT2D eigenvalue weighted by atomic mass is 10.2. The summed E-state index contributed by atoms with van der Waals surface area (Å²) in [6.45, 7) is 3.34. The maximum Gasteiger partial charge on any atom is 0.280 e. The molecule has 3 rings (SSSR count). The van der Waals surface area contributed by atoms with Crippen molar-refractivity contribution < 1.29 is 9.72 Å². The van der Waals surface area contributed by atoms with Gasteiger partial charge in [-0.3, -0.25) is 24.8 Å². The van der Waals surface area contributed by atoms with Crippen LogP contribution in [0.4, 0.5) is 5.69 Å². The van der Waals surface area contributed by atoms with E-state index in [1.807, 2.05) is 24.3 Å². The average Bonchev–Trinajstić information content (AvgIpc) is 3.00. The Morgan fingerprint density at radius 3 is 2.59 bits per heavy atom. The van der Waals surface area contributed by atoms with Crippen LogP contribution in [-0.2, 0) is 0 Å². The van der Waals surface area contributed by atoms with E-state index >= 15 is 0 Å². The summed E-state index contributed by atoms with van der Waals surface area (Å²) in [6.07, 6.45) is 0. The smallest absolute Gasteiger partial charge is 0.280 e. The van der Waals surface area contributed by atoms with Crippen LogP contribution in [-0.4, -0.2) is 26.3 Å². The second-order valence-corrected chi connectivity index (χ2v) is 7.42. The third kappa shape index (κ3) is 4.42. The maximum absolute atomic E-state index is 12.8. The van der Waals surface area contributed by atoms with Crippen LogP contribution < -0.4 is 11.0 Å². The lowest BCUT2D eigenvalue weighted by molar-refractivity contribution is -0.384. The molecule has 10 heteroatoms. The van der Waals surface area contributed by atoms with Gasteiger partial charge in [0.15, 0.2) is 0 Å². The van der Waals surface area contributed by atoms with Crippen molar-refractivity contribution in [2.24, 2.45) is 5.10 Å². The van der Waals surface area contributed by atoms with Crippen molar-refractivity contribution in [3.05, 3.63) is 89.4 Å². The van der Waals surface area contributed by atoms with E-state index in [1.165, 1.54) is 22.9 Å². The molecule has 3 aromatic rings. The molecule has 0 spiro atoms. The summed E-state index contributed by atoms with van der Waals surface area (Å²) >= 11 is 2.18. The minimum atomic E-state index is -0.612. The molecule has 148 valence electrons. The van der Waals surface area contributed by atoms with Crippen LogP contribution in [0.5, 0.6) is 0 Å². The van der Waals surface area contributed by atoms with Crippen molar-refractivity contribution >= 4 is 39.9 Å². The molecule has 9 nitrogen and oxygen atoms in total. The highest BCUT2D eigenvalue weighted by Gasteiger charge is 2.16. The van der Waals surface area contributed by atoms with Crippen LogP contribution in [0.2, 0.25) is 0 Å². The Labute approximate surface area is 178 Å². The van der Waals surface area contributed by atoms with Crippen LogP contribution >= 0.6 is 22.6 Å². The number of amides is 1. The lowest BCUT2D eigenvalue weighted by Gasteiger charge is -2.02. The highest BCUT2D eigenvalue weighted by Crippen LogP contribution is 2.13. The van der Waals surface area contributed by atoms with Gasteiger partial charge in [0.25, 0.3) is 17.2 Å². The number of aromatic nitrogens is 2. The van der Waals surface area contributed by atoms with Gasteiger partial charge in [-0.05, 0) is 66.8 Å². The van der Waals surface area contributed by atoms with Crippen molar-refractivity contribution in [2.45, 2.75) is 13.8 Å². The predicted molar refractivity (Wildman–Crippen MR) is 117 cm³/mol. The first-order chi connectivity index (χ1) is 13.8. The Kier molecular flexibility index (Phi) is 5.92. The SMILES string of the molecule is CC(=NNC(=O)c1cccc([N+](=O)[O-])c1)c1c(C)[nH]n(-c2ccc(I)cc2)c1=O. The summed E-state index contributed by atoms with van der Waals surface area (Å²) in [4.78, 5) is 35.3. The molecule has 1 heterocycles. The molecule has 1 aromatic heterocycles. The van der Waals surface area contributed by atoms with Crippen LogP contribution in [0.25, 0.3) is 5.69 Å². The number of carbonyl (C=O) groups excluding carboxylic acids is 1. The molecule has 0 unspecified atom stereocenters. The Bertz CT molecular complexity index is 1180. The molecule has 0 saturated heterocycles. The number of H-pyrrole nitrogens is 1. The van der Waals surface area contributed by atoms with Gasteiger partial charge in [0.2, 0.25) is 0 Å². The summed E-state index contributed by atoms with van der Waals surface area (Å²) in [5.41, 5.74) is 3.87. The van der Waals surface area contributed by atoms with E-state index < -0.39 is 10.8 Å². The molecule has 0 atom stereocenters. The molecule has 0 saturated carbocycles. The highest BCUT2D eigenvalue weighted by molar-refractivity contribution is 14.1. The van der Waals surface area contributed by atoms with Gasteiger partial charge in [0.1, 0.15) is 0 Å². The van der Waals surface area contributed by atoms with Gasteiger partial charge in [0.05, 0.1) is 21.9 Å². The second-order valence-electron chi connectivity index (χ2n) is 6.17. The minimum absolute atomic E-state index is 0.0952. The van der Waals surface area contributed by atoms with Crippen molar-refractivity contribution in [1.82, 2.24) is 15.2 Å². The van der Waals surface area contributed by atoms with Crippen molar-refractivity contribution in [3.8, 4) is 5.69 Å². The number of hydrogen-bond acceptors (Lipinski definition) is 5. The number of non-ortho nitro benzene ring substituents is 1. The molecule has 2 N–H and O–H groups in total. The Morgan fingerprint density at radius 2 is 1.93 bits per heavy atom. The van der Waals surface area contributed by atoms with Crippen molar-refractivity contribution in [2.75, 3.05) is 0 Å². The molecular weight excluding hydrogens is 489 g/mol. The topological polar surface area (TPSA) is 122 Å². The van der Waals surface area contributed by atoms with E-state index in [2.05, 4.69) is 38.2 Å². The average molecular weight is 505 g/mol. The molecule has 0 aliphatic heterocycles. The summed E-state index contributed by atoms with van der Waals surface area (Å²) in [5.74, 6) is -0.612. The normalized spacial score (nSPS) is 11.3. The van der Waals surface area contributed by atoms with Gasteiger partial charge in [-0.25, -0.2) is 10.1 Å². The first-order valence-corrected chi connectivity index (χ1v) is 9.53. The molecule has 0 bridgehead atoms. The predicted octanol–water partition coefficient (Wildman–Crippen LogP) is 3.14. The third-order valence-electron chi connectivity index (χ3n) is 4.16. The summed E-state index contributed by atoms with van der Waals surface area (Å²) in [6, 6.07) is 12.7. The standard InChI is InChI=1S/C19H16IN5O4/c1-11(21-22-18(26)13-4-3-5-16(10-13)25(28)29)17-12(2)23-24(19(17)27)15-8-6-14(20)7-9-15/h3-10,23H,1-2H3,(H,22,26). The fraction of sp³-hybridized carbons (Fsp3) is 0.105. The molecule has 29 heavy (non-hydrogen) atoms. The van der Waals surface area contributed by atoms with Gasteiger partial charge in [0, 0.05) is 27.0 Å². The number of aryl methyl sites for hydroxylation is 1. The fourth-order valence-electron chi connectivity index (χ4n) is 2.76. The Balaban J connectivity index is 1.86. The molecule has 0 radical (unpaired) electrons. The molecule has 2 aromatic carbocycles. The fourth-order valence-corrected chi connectivity index (χ4v) is 3.12. The molecule has 0 aliphatic carbocycles. The Hall–Kier alpha value is -3.28. The summed E-state index contributed by atoms with van der Waals surface area (Å²) in [7, 11) is 0. The largest absolute Gasteiger partial charge is 0.295 e. The van der Waals surface area contributed by atoms with Gasteiger partial charge in [-0.1, -0.05) is 6.07 Å². The lowest BCUT2D eigenvalue weighted by Crippen LogP contribution is -2.23. The van der Waals surface area contributed by atoms with Crippen molar-refractivity contribution in [3.63, 3.8) is 0 Å². The van der Waals surface area contributed by atoms with E-state index in [0.717, 1.165) is 9.64 Å². The number of nitrogens with zero attached hydrogens (tertiary/aromatic N) is 3. The van der Waals surface area contributed by atoms with E-state index in [4.69, 9.17) is 0 Å². The monoisotopic (exact) mass is 505 g/mol. The number of aromatic amines is 1. The van der Waals surface area contributed by atoms with Crippen LogP contribution in [0, 0.1) is 20.6 Å². The van der Waals surface area contributed by atoms with Crippen molar-refractivity contribution in [1.29, 1.82) is 0 Å². The number of nitrogens with one attached hydrogen (secondary N) is 2. The van der Waals surface area contributed by atoms with E-state index in [9.17, 15) is 19.7 Å². The number of rotatable bonds is 5. The first-order valence-electron chi connectivity index (χ1n) is 8.45.